The topological polar surface area (TPSA) is 446 Å². The van der Waals surface area contributed by atoms with Gasteiger partial charge in [-0.2, -0.15) is 17.6 Å². The lowest BCUT2D eigenvalue weighted by Gasteiger charge is -2.46. The second kappa shape index (κ2) is 34.1. The van der Waals surface area contributed by atoms with E-state index in [-0.39, 0.29) is 28.8 Å². The molecular weight excluding hydrogens is 1570 g/mol. The lowest BCUT2D eigenvalue weighted by molar-refractivity contribution is -0.159. The van der Waals surface area contributed by atoms with Gasteiger partial charge in [-0.1, -0.05) is 26.8 Å². The Hall–Kier alpha value is -9.90. The van der Waals surface area contributed by atoms with E-state index in [1.165, 1.54) is 43.0 Å². The standard InChI is InChI=1S/C29H39N7O3.C28H36F2N8O4.C27H33F2N7O4/c1-29(2,3)17-6-7-20-21(13-17)34-23(33-20)8-5-16-11-18(12-16)35(4)14-22-24(37)25(38)28(39-22)36-10-9-19-26(30)31-15-32-27(19)36;1-14(2)37(11-20-23(39)24(40)27(41-20)38-13-34-22-25(31)32-12-33-26(22)38)16-8-15(9-16)4-7-21-35-18-6-5-17(10-19(18)36-21)42-28(3,29)30;1-27(28,29)40-16-4-5-18-19(11-16)34-21(33-18)6-3-14-9-15(10-14)35(2)12-20-22(37)23(38)26(39-20)36-8-7-17-24(30)31-13-32-25(17)36/h6-7,9-10,13,15-16,18,22,24-25,28,37-38H,5,8,11-12,14H2,1-4H3,(H,33,34)(H2,30,31,32);5-6,10,12-16,20,23-24,27,39-40H,4,7-9,11H2,1-3H3,(H,35,36)(H2,31,32,33);4-5,7-8,11,13-15,20,22-23,26,37-38H,3,6,9-10,12H2,1-2H3,(H,33,34)(H2,30,31,32)/t16?,18?,22-,24-,25-,28-;15?,16?,20-,23-,24-,27-;14?,15?,20-,22-,23-,26-/m111/s1. The minimum absolute atomic E-state index is 0.0908. The first-order valence-corrected chi connectivity index (χ1v) is 41.5. The lowest BCUT2D eigenvalue weighted by atomic mass is 9.76. The van der Waals surface area contributed by atoms with Crippen molar-refractivity contribution in [3.8, 4) is 11.5 Å². The van der Waals surface area contributed by atoms with Crippen molar-refractivity contribution in [2.45, 2.75) is 241 Å². The van der Waals surface area contributed by atoms with Crippen LogP contribution in [-0.2, 0) is 38.9 Å². The molecule has 0 spiro atoms. The van der Waals surface area contributed by atoms with Crippen LogP contribution < -0.4 is 26.7 Å². The number of aliphatic hydroxyl groups excluding tert-OH is 6. The number of imidazole rings is 4. The van der Waals surface area contributed by atoms with E-state index in [0.717, 1.165) is 106 Å². The predicted molar refractivity (Wildman–Crippen MR) is 442 cm³/mol. The van der Waals surface area contributed by atoms with E-state index in [0.29, 0.717) is 136 Å². The molecule has 33 nitrogen and oxygen atoms in total. The Kier molecular flexibility index (Phi) is 23.9. The van der Waals surface area contributed by atoms with Crippen molar-refractivity contribution < 1.29 is 71.9 Å². The van der Waals surface area contributed by atoms with E-state index in [2.05, 4.69) is 144 Å². The highest BCUT2D eigenvalue weighted by Crippen LogP contribution is 2.43. The summed E-state index contributed by atoms with van der Waals surface area (Å²) in [5.74, 6) is 5.52. The van der Waals surface area contributed by atoms with Crippen molar-refractivity contribution in [2.75, 3.05) is 50.9 Å². The molecule has 3 aromatic carbocycles. The van der Waals surface area contributed by atoms with Crippen molar-refractivity contribution in [3.05, 3.63) is 127 Å². The molecule has 9 aromatic heterocycles. The van der Waals surface area contributed by atoms with Crippen molar-refractivity contribution in [3.63, 3.8) is 0 Å². The van der Waals surface area contributed by atoms with E-state index >= 15 is 0 Å². The summed E-state index contributed by atoms with van der Waals surface area (Å²) in [6, 6.07) is 20.8. The van der Waals surface area contributed by atoms with Gasteiger partial charge in [-0.25, -0.2) is 49.8 Å². The fraction of sp³-hybridized carbons (Fsp3) is 0.548. The molecule has 0 amide bonds. The number of halogens is 4. The molecule has 12 aromatic rings. The van der Waals surface area contributed by atoms with Crippen LogP contribution in [0, 0.1) is 17.8 Å². The quantitative estimate of drug-likeness (QED) is 0.0225. The molecule has 3 aliphatic carbocycles. The number of hydrogen-bond donors (Lipinski definition) is 12. The van der Waals surface area contributed by atoms with Gasteiger partial charge in [0.1, 0.15) is 131 Å². The number of benzene rings is 3. The highest BCUT2D eigenvalue weighted by atomic mass is 19.3. The second-order valence-electron chi connectivity index (χ2n) is 35.1. The fourth-order valence-corrected chi connectivity index (χ4v) is 18.0. The molecule has 0 unspecified atom stereocenters. The number of hydrogen-bond acceptors (Lipinski definition) is 27. The average Bonchev–Trinajstić information content (AvgIpc) is 1.62. The first kappa shape index (κ1) is 84.7. The van der Waals surface area contributed by atoms with Gasteiger partial charge in [0.2, 0.25) is 0 Å². The van der Waals surface area contributed by atoms with Gasteiger partial charge in [0.05, 0.1) is 50.2 Å². The highest BCUT2D eigenvalue weighted by Gasteiger charge is 2.50. The number of nitrogens with one attached hydrogen (secondary N) is 3. The van der Waals surface area contributed by atoms with Gasteiger partial charge in [-0.3, -0.25) is 9.47 Å². The number of anilines is 3. The van der Waals surface area contributed by atoms with Crippen LogP contribution in [0.5, 0.6) is 11.5 Å². The van der Waals surface area contributed by atoms with E-state index in [1.54, 1.807) is 62.5 Å². The normalized spacial score (nSPS) is 27.0. The summed E-state index contributed by atoms with van der Waals surface area (Å²) in [5.41, 5.74) is 26.1. The SMILES string of the molecule is CC(C)N(C[C@H]1O[C@@H](n2cnc3c(N)ncnc32)[C@H](O)[C@@H]1O)C1CC(CCc2nc3ccc(OC(C)(F)F)cc3[nH]2)C1.CN(C[C@H]1O[C@@H](n2ccc3c(N)ncnc32)[C@H](O)[C@@H]1O)C1CC(CCc2nc3ccc(C(C)(C)C)cc3[nH]2)C1.CN(C[C@H]1O[C@@H](n2ccc3c(N)ncnc32)[C@H](O)[C@@H]1O)C1CC(CCc2nc3ccc(OC(C)(F)F)cc3[nH]2)C1. The number of ether oxygens (including phenoxy) is 5. The molecule has 12 atom stereocenters. The number of fused-ring (bicyclic) bond motifs is 6. The summed E-state index contributed by atoms with van der Waals surface area (Å²) in [7, 11) is 4.08. The van der Waals surface area contributed by atoms with E-state index in [4.69, 9.17) is 36.4 Å². The Bertz CT molecular complexity index is 5590. The Labute approximate surface area is 694 Å². The van der Waals surface area contributed by atoms with Gasteiger partial charge >= 0.3 is 12.2 Å². The zero-order valence-corrected chi connectivity index (χ0v) is 69.0. The summed E-state index contributed by atoms with van der Waals surface area (Å²) in [6.07, 6.45) is 3.82. The Balaban J connectivity index is 0.000000135. The van der Waals surface area contributed by atoms with E-state index in [1.807, 2.05) is 7.05 Å². The zero-order chi connectivity index (χ0) is 85.4. The second-order valence-corrected chi connectivity index (χ2v) is 35.1. The third-order valence-corrected chi connectivity index (χ3v) is 25.0. The van der Waals surface area contributed by atoms with E-state index in [9.17, 15) is 48.2 Å². The number of nitrogens with two attached hydrogens (primary N) is 3. The van der Waals surface area contributed by atoms with Crippen LogP contribution in [0.15, 0.2) is 104 Å². The van der Waals surface area contributed by atoms with Crippen LogP contribution in [-0.4, -0.2) is 249 Å². The molecule has 648 valence electrons. The molecular formula is C84H108F4N22O11. The maximum Gasteiger partial charge on any atom is 0.394 e. The molecule has 0 bridgehead atoms. The third-order valence-electron chi connectivity index (χ3n) is 25.0. The minimum Gasteiger partial charge on any atom is -0.433 e. The molecule has 3 saturated carbocycles. The lowest BCUT2D eigenvalue weighted by Crippen LogP contribution is -2.52. The number of H-pyrrole nitrogens is 3. The number of aromatic amines is 3. The Morgan fingerprint density at radius 1 is 0.471 bits per heavy atom. The van der Waals surface area contributed by atoms with Crippen molar-refractivity contribution in [2.24, 2.45) is 17.8 Å². The first-order valence-electron chi connectivity index (χ1n) is 41.5. The van der Waals surface area contributed by atoms with E-state index < -0.39 is 85.8 Å². The molecule has 6 fully saturated rings. The maximum absolute atomic E-state index is 13.2. The minimum atomic E-state index is -3.25. The van der Waals surface area contributed by atoms with Gasteiger partial charge in [-0.05, 0) is 163 Å². The van der Waals surface area contributed by atoms with Gasteiger partial charge in [0.25, 0.3) is 0 Å². The van der Waals surface area contributed by atoms with Crippen LogP contribution in [0.25, 0.3) is 66.3 Å². The summed E-state index contributed by atoms with van der Waals surface area (Å²) in [5, 5.41) is 66.2. The number of aryl methyl sites for hydroxylation is 3. The number of nitrogen functional groups attached to an aromatic ring is 3. The van der Waals surface area contributed by atoms with Crippen LogP contribution in [0.2, 0.25) is 0 Å². The number of alkyl halides is 4. The predicted octanol–water partition coefficient (Wildman–Crippen LogP) is 9.01. The molecule has 6 aliphatic rings. The number of likely N-dealkylation sites (N-methyl/N-ethyl adjacent to an activating group) is 2. The molecule has 18 rings (SSSR count). The number of rotatable bonds is 26. The molecule has 37 heteroatoms. The van der Waals surface area contributed by atoms with Crippen molar-refractivity contribution in [1.82, 2.24) is 93.2 Å². The van der Waals surface area contributed by atoms with Gasteiger partial charge in [0, 0.05) is 101 Å². The molecule has 121 heavy (non-hydrogen) atoms. The number of aliphatic hydroxyl groups is 6. The Morgan fingerprint density at radius 3 is 1.26 bits per heavy atom. The smallest absolute Gasteiger partial charge is 0.394 e. The number of aromatic nitrogens is 16. The fourth-order valence-electron chi connectivity index (χ4n) is 18.0. The summed E-state index contributed by atoms with van der Waals surface area (Å²) in [6.45, 7) is 13.8. The zero-order valence-electron chi connectivity index (χ0n) is 69.0. The summed E-state index contributed by atoms with van der Waals surface area (Å²) in [4.78, 5) is 59.7. The average molecular weight is 1680 g/mol. The van der Waals surface area contributed by atoms with Crippen LogP contribution in [0.1, 0.15) is 148 Å². The molecule has 0 radical (unpaired) electrons. The van der Waals surface area contributed by atoms with Gasteiger partial charge in [-0.15, -0.1) is 0 Å². The summed E-state index contributed by atoms with van der Waals surface area (Å²) < 4.78 is 85.5. The molecule has 15 N–H and O–H groups in total. The van der Waals surface area contributed by atoms with Gasteiger partial charge < -0.3 is 105 Å². The first-order chi connectivity index (χ1) is 57.6. The summed E-state index contributed by atoms with van der Waals surface area (Å²) >= 11 is 0. The van der Waals surface area contributed by atoms with Crippen LogP contribution >= 0.6 is 0 Å². The maximum atomic E-state index is 13.2. The van der Waals surface area contributed by atoms with Crippen molar-refractivity contribution in [1.29, 1.82) is 0 Å². The highest BCUT2D eigenvalue weighted by molar-refractivity contribution is 5.87. The molecule has 3 aliphatic heterocycles. The van der Waals surface area contributed by atoms with Crippen LogP contribution in [0.3, 0.4) is 0 Å². The monoisotopic (exact) mass is 1680 g/mol. The molecule has 12 heterocycles. The van der Waals surface area contributed by atoms with Gasteiger partial charge in [0.15, 0.2) is 30.1 Å². The van der Waals surface area contributed by atoms with Crippen molar-refractivity contribution >= 4 is 83.8 Å². The molecule has 3 saturated heterocycles. The van der Waals surface area contributed by atoms with Crippen LogP contribution in [0.4, 0.5) is 35.0 Å². The largest absolute Gasteiger partial charge is 0.433 e. The number of nitrogens with zero attached hydrogens (tertiary/aromatic N) is 16. The Morgan fingerprint density at radius 2 is 0.851 bits per heavy atom. The third kappa shape index (κ3) is 18.3.